The maximum absolute atomic E-state index is 12.6. The molecule has 0 aliphatic carbocycles. The normalized spacial score (nSPS) is 11.0. The Morgan fingerprint density at radius 3 is 2.61 bits per heavy atom. The second-order valence-electron chi connectivity index (χ2n) is 7.40. The van der Waals surface area contributed by atoms with Gasteiger partial charge in [0.05, 0.1) is 18.3 Å². The van der Waals surface area contributed by atoms with Gasteiger partial charge >= 0.3 is 0 Å². The number of aromatic nitrogens is 5. The lowest BCUT2D eigenvalue weighted by Crippen LogP contribution is -2.18. The fourth-order valence-corrected chi connectivity index (χ4v) is 3.26. The second kappa shape index (κ2) is 8.02. The van der Waals surface area contributed by atoms with E-state index in [-0.39, 0.29) is 18.3 Å². The molecule has 158 valence electrons. The standard InChI is InChI=1S/C22H23N7O2/c1-12-5-7-17(9-13(12)2)31-20-8-6-16(11-24-20)26-19(30)10-18-14(3)25-22-27-21(23)28-29(22)15(18)4/h5-9,11H,10H2,1-4H3,(H2,23,28)(H,26,30). The Bertz CT molecular complexity index is 1280. The first-order valence-electron chi connectivity index (χ1n) is 9.79. The number of hydrogen-bond donors (Lipinski definition) is 2. The molecule has 0 radical (unpaired) electrons. The van der Waals surface area contributed by atoms with Crippen LogP contribution < -0.4 is 15.8 Å². The molecule has 0 aliphatic heterocycles. The van der Waals surface area contributed by atoms with E-state index in [0.717, 1.165) is 22.6 Å². The number of benzene rings is 1. The van der Waals surface area contributed by atoms with Crippen LogP contribution in [0.15, 0.2) is 36.5 Å². The molecular weight excluding hydrogens is 394 g/mol. The molecule has 4 aromatic rings. The molecule has 1 aromatic carbocycles. The van der Waals surface area contributed by atoms with E-state index in [4.69, 9.17) is 10.5 Å². The lowest BCUT2D eigenvalue weighted by atomic mass is 10.1. The summed E-state index contributed by atoms with van der Waals surface area (Å²) < 4.78 is 7.33. The Morgan fingerprint density at radius 2 is 1.90 bits per heavy atom. The van der Waals surface area contributed by atoms with E-state index in [1.165, 1.54) is 5.56 Å². The first-order valence-corrected chi connectivity index (χ1v) is 9.79. The molecule has 4 rings (SSSR count). The first-order chi connectivity index (χ1) is 14.8. The Kier molecular flexibility index (Phi) is 5.24. The topological polar surface area (TPSA) is 120 Å². The van der Waals surface area contributed by atoms with E-state index >= 15 is 0 Å². The summed E-state index contributed by atoms with van der Waals surface area (Å²) >= 11 is 0. The number of fused-ring (bicyclic) bond motifs is 1. The lowest BCUT2D eigenvalue weighted by Gasteiger charge is -2.11. The SMILES string of the molecule is Cc1ccc(Oc2ccc(NC(=O)Cc3c(C)nc4nc(N)nn4c3C)cn2)cc1C. The van der Waals surface area contributed by atoms with Gasteiger partial charge in [-0.15, -0.1) is 5.10 Å². The Morgan fingerprint density at radius 1 is 1.10 bits per heavy atom. The van der Waals surface area contributed by atoms with Crippen LogP contribution in [0.2, 0.25) is 0 Å². The van der Waals surface area contributed by atoms with Crippen molar-refractivity contribution in [2.75, 3.05) is 11.1 Å². The number of ether oxygens (including phenoxy) is 1. The third-order valence-electron chi connectivity index (χ3n) is 5.12. The molecule has 0 saturated carbocycles. The van der Waals surface area contributed by atoms with Crippen molar-refractivity contribution in [2.24, 2.45) is 0 Å². The summed E-state index contributed by atoms with van der Waals surface area (Å²) in [5, 5.41) is 6.98. The zero-order valence-corrected chi connectivity index (χ0v) is 17.8. The summed E-state index contributed by atoms with van der Waals surface area (Å²) in [5.41, 5.74) is 10.8. The highest BCUT2D eigenvalue weighted by atomic mass is 16.5. The van der Waals surface area contributed by atoms with Gasteiger partial charge in [0.25, 0.3) is 5.78 Å². The monoisotopic (exact) mass is 417 g/mol. The molecule has 3 N–H and O–H groups in total. The fourth-order valence-electron chi connectivity index (χ4n) is 3.26. The highest BCUT2D eigenvalue weighted by Gasteiger charge is 2.15. The summed E-state index contributed by atoms with van der Waals surface area (Å²) in [4.78, 5) is 25.3. The lowest BCUT2D eigenvalue weighted by molar-refractivity contribution is -0.115. The quantitative estimate of drug-likeness (QED) is 0.511. The van der Waals surface area contributed by atoms with E-state index in [1.807, 2.05) is 45.9 Å². The van der Waals surface area contributed by atoms with Crippen LogP contribution in [0.25, 0.3) is 5.78 Å². The smallest absolute Gasteiger partial charge is 0.254 e. The minimum absolute atomic E-state index is 0.140. The summed E-state index contributed by atoms with van der Waals surface area (Å²) in [7, 11) is 0. The number of nitrogens with two attached hydrogens (primary N) is 1. The van der Waals surface area contributed by atoms with Crippen LogP contribution in [-0.4, -0.2) is 30.5 Å². The number of carbonyl (C=O) groups is 1. The highest BCUT2D eigenvalue weighted by Crippen LogP contribution is 2.23. The van der Waals surface area contributed by atoms with Crippen molar-refractivity contribution in [1.82, 2.24) is 24.6 Å². The highest BCUT2D eigenvalue weighted by molar-refractivity contribution is 5.92. The molecule has 0 spiro atoms. The van der Waals surface area contributed by atoms with Gasteiger partial charge in [0.1, 0.15) is 5.75 Å². The van der Waals surface area contributed by atoms with Gasteiger partial charge < -0.3 is 15.8 Å². The van der Waals surface area contributed by atoms with Crippen LogP contribution in [0.5, 0.6) is 11.6 Å². The van der Waals surface area contributed by atoms with Gasteiger partial charge in [0.15, 0.2) is 0 Å². The second-order valence-corrected chi connectivity index (χ2v) is 7.40. The van der Waals surface area contributed by atoms with Crippen molar-refractivity contribution in [1.29, 1.82) is 0 Å². The van der Waals surface area contributed by atoms with E-state index in [9.17, 15) is 4.79 Å². The number of nitrogen functional groups attached to an aromatic ring is 1. The zero-order valence-electron chi connectivity index (χ0n) is 17.8. The number of carbonyl (C=O) groups excluding carboxylic acids is 1. The molecule has 3 heterocycles. The van der Waals surface area contributed by atoms with Crippen molar-refractivity contribution in [3.05, 3.63) is 64.6 Å². The number of amides is 1. The summed E-state index contributed by atoms with van der Waals surface area (Å²) in [6, 6.07) is 9.33. The van der Waals surface area contributed by atoms with Gasteiger partial charge in [-0.1, -0.05) is 6.07 Å². The average Bonchev–Trinajstić information content (AvgIpc) is 3.10. The van der Waals surface area contributed by atoms with Crippen LogP contribution in [0.1, 0.15) is 28.1 Å². The molecule has 9 nitrogen and oxygen atoms in total. The zero-order chi connectivity index (χ0) is 22.1. The number of rotatable bonds is 5. The molecule has 1 amide bonds. The number of pyridine rings is 1. The minimum Gasteiger partial charge on any atom is -0.439 e. The van der Waals surface area contributed by atoms with Crippen molar-refractivity contribution >= 4 is 23.3 Å². The molecule has 0 aliphatic rings. The molecule has 3 aromatic heterocycles. The van der Waals surface area contributed by atoms with Crippen molar-refractivity contribution in [2.45, 2.75) is 34.1 Å². The first kappa shape index (κ1) is 20.3. The Balaban J connectivity index is 1.44. The molecule has 0 unspecified atom stereocenters. The predicted molar refractivity (Wildman–Crippen MR) is 117 cm³/mol. The van der Waals surface area contributed by atoms with Gasteiger partial charge in [0.2, 0.25) is 17.7 Å². The van der Waals surface area contributed by atoms with Gasteiger partial charge in [-0.3, -0.25) is 4.79 Å². The molecule has 0 saturated heterocycles. The molecule has 0 atom stereocenters. The molecular formula is C22H23N7O2. The number of hydrogen-bond acceptors (Lipinski definition) is 7. The molecule has 0 fully saturated rings. The molecule has 0 bridgehead atoms. The minimum atomic E-state index is -0.190. The molecule has 9 heteroatoms. The van der Waals surface area contributed by atoms with Gasteiger partial charge in [-0.05, 0) is 57.0 Å². The number of anilines is 2. The summed E-state index contributed by atoms with van der Waals surface area (Å²) in [6.07, 6.45) is 1.70. The maximum atomic E-state index is 12.6. The third kappa shape index (κ3) is 4.30. The van der Waals surface area contributed by atoms with Gasteiger partial charge in [-0.25, -0.2) is 9.97 Å². The molecule has 31 heavy (non-hydrogen) atoms. The van der Waals surface area contributed by atoms with Crippen LogP contribution in [0, 0.1) is 27.7 Å². The van der Waals surface area contributed by atoms with Crippen LogP contribution in [0.4, 0.5) is 11.6 Å². The van der Waals surface area contributed by atoms with E-state index in [2.05, 4.69) is 25.4 Å². The van der Waals surface area contributed by atoms with E-state index in [1.54, 1.807) is 22.8 Å². The van der Waals surface area contributed by atoms with Gasteiger partial charge in [-0.2, -0.15) is 9.50 Å². The van der Waals surface area contributed by atoms with Crippen molar-refractivity contribution in [3.8, 4) is 11.6 Å². The summed E-state index contributed by atoms with van der Waals surface area (Å²) in [5.74, 6) is 1.54. The fraction of sp³-hybridized carbons (Fsp3) is 0.227. The predicted octanol–water partition coefficient (Wildman–Crippen LogP) is 3.31. The van der Waals surface area contributed by atoms with Gasteiger partial charge in [0, 0.05) is 23.0 Å². The Hall–Kier alpha value is -4.01. The third-order valence-corrected chi connectivity index (χ3v) is 5.12. The van der Waals surface area contributed by atoms with Crippen LogP contribution in [-0.2, 0) is 11.2 Å². The number of nitrogens with one attached hydrogen (secondary N) is 1. The Labute approximate surface area is 179 Å². The number of aryl methyl sites for hydroxylation is 4. The van der Waals surface area contributed by atoms with Crippen LogP contribution >= 0.6 is 0 Å². The summed E-state index contributed by atoms with van der Waals surface area (Å²) in [6.45, 7) is 7.77. The van der Waals surface area contributed by atoms with Crippen molar-refractivity contribution < 1.29 is 9.53 Å². The van der Waals surface area contributed by atoms with Crippen LogP contribution in [0.3, 0.4) is 0 Å². The van der Waals surface area contributed by atoms with E-state index in [0.29, 0.717) is 23.0 Å². The average molecular weight is 417 g/mol. The maximum Gasteiger partial charge on any atom is 0.254 e. The van der Waals surface area contributed by atoms with Crippen molar-refractivity contribution in [3.63, 3.8) is 0 Å². The largest absolute Gasteiger partial charge is 0.439 e. The number of nitrogens with zero attached hydrogens (tertiary/aromatic N) is 5. The van der Waals surface area contributed by atoms with E-state index < -0.39 is 0 Å².